The molecule has 0 spiro atoms. The van der Waals surface area contributed by atoms with Crippen molar-refractivity contribution in [2.75, 3.05) is 33.4 Å². The first-order valence-electron chi connectivity index (χ1n) is 8.84. The Labute approximate surface area is 191 Å². The molecule has 1 fully saturated rings. The normalized spacial score (nSPS) is 15.6. The summed E-state index contributed by atoms with van der Waals surface area (Å²) in [7, 11) is -1.83. The summed E-state index contributed by atoms with van der Waals surface area (Å²) >= 11 is 1.24. The zero-order chi connectivity index (χ0) is 20.0. The Balaban J connectivity index is 0.00000300. The van der Waals surface area contributed by atoms with E-state index in [1.54, 1.807) is 25.2 Å². The van der Waals surface area contributed by atoms with Crippen LogP contribution in [0.1, 0.15) is 10.4 Å². The van der Waals surface area contributed by atoms with Crippen molar-refractivity contribution < 1.29 is 17.5 Å². The lowest BCUT2D eigenvalue weighted by molar-refractivity contribution is 0.0731. The fourth-order valence-electron chi connectivity index (χ4n) is 2.73. The minimum Gasteiger partial charge on any atom is -0.379 e. The van der Waals surface area contributed by atoms with Crippen molar-refractivity contribution in [3.05, 3.63) is 52.7 Å². The lowest BCUT2D eigenvalue weighted by Gasteiger charge is -2.25. The molecule has 1 aromatic heterocycles. The predicted octanol–water partition coefficient (Wildman–Crippen LogP) is 2.39. The maximum Gasteiger partial charge on any atom is 0.252 e. The van der Waals surface area contributed by atoms with Crippen LogP contribution < -0.4 is 10.6 Å². The van der Waals surface area contributed by atoms with Gasteiger partial charge in [-0.05, 0) is 29.8 Å². The molecule has 0 radical (unpaired) electrons. The fourth-order valence-corrected chi connectivity index (χ4v) is 5.59. The van der Waals surface area contributed by atoms with E-state index in [1.807, 2.05) is 6.07 Å². The molecular weight excluding hydrogens is 530 g/mol. The van der Waals surface area contributed by atoms with Crippen LogP contribution in [0.2, 0.25) is 0 Å². The van der Waals surface area contributed by atoms with Crippen LogP contribution in [-0.2, 0) is 27.8 Å². The maximum absolute atomic E-state index is 13.2. The Hall–Kier alpha value is -1.28. The SMILES string of the molecule is CN=C(NCc1cccc(F)c1)NCc1ccc(S(=O)(=O)N2CCOCC2)s1.I. The van der Waals surface area contributed by atoms with Crippen molar-refractivity contribution >= 4 is 51.3 Å². The first-order chi connectivity index (χ1) is 13.5. The third kappa shape index (κ3) is 6.60. The number of rotatable bonds is 6. The number of guanidine groups is 1. The molecule has 0 unspecified atom stereocenters. The second kappa shape index (κ2) is 11.2. The summed E-state index contributed by atoms with van der Waals surface area (Å²) in [6.07, 6.45) is 0. The van der Waals surface area contributed by atoms with Crippen LogP contribution in [0.25, 0.3) is 0 Å². The van der Waals surface area contributed by atoms with Crippen molar-refractivity contribution in [3.8, 4) is 0 Å². The standard InChI is InChI=1S/C18H23FN4O3S2.HI/c1-20-18(21-12-14-3-2-4-15(19)11-14)22-13-16-5-6-17(27-16)28(24,25)23-7-9-26-10-8-23;/h2-6,11H,7-10,12-13H2,1H3,(H2,20,21,22);1H. The number of halogens is 2. The summed E-state index contributed by atoms with van der Waals surface area (Å²) < 4.78 is 45.6. The van der Waals surface area contributed by atoms with Crippen molar-refractivity contribution in [1.29, 1.82) is 0 Å². The number of aliphatic imine (C=N–C) groups is 1. The summed E-state index contributed by atoms with van der Waals surface area (Å²) in [6, 6.07) is 9.77. The highest BCUT2D eigenvalue weighted by molar-refractivity contribution is 14.0. The van der Waals surface area contributed by atoms with Crippen LogP contribution >= 0.6 is 35.3 Å². The van der Waals surface area contributed by atoms with Crippen molar-refractivity contribution in [3.63, 3.8) is 0 Å². The van der Waals surface area contributed by atoms with Crippen LogP contribution in [0.15, 0.2) is 45.6 Å². The van der Waals surface area contributed by atoms with Crippen LogP contribution in [-0.4, -0.2) is 52.0 Å². The third-order valence-corrected chi connectivity index (χ3v) is 7.66. The summed E-state index contributed by atoms with van der Waals surface area (Å²) in [5.41, 5.74) is 0.804. The molecule has 1 saturated heterocycles. The van der Waals surface area contributed by atoms with Gasteiger partial charge in [-0.2, -0.15) is 4.31 Å². The molecule has 2 aromatic rings. The average molecular weight is 554 g/mol. The fraction of sp³-hybridized carbons (Fsp3) is 0.389. The summed E-state index contributed by atoms with van der Waals surface area (Å²) in [5.74, 6) is 0.269. The molecular formula is C18H24FIN4O3S2. The number of benzene rings is 1. The maximum atomic E-state index is 13.2. The number of thiophene rings is 1. The lowest BCUT2D eigenvalue weighted by Crippen LogP contribution is -2.40. The second-order valence-electron chi connectivity index (χ2n) is 6.15. The van der Waals surface area contributed by atoms with Crippen LogP contribution in [0.4, 0.5) is 4.39 Å². The molecule has 2 N–H and O–H groups in total. The smallest absolute Gasteiger partial charge is 0.252 e. The number of sulfonamides is 1. The molecule has 7 nitrogen and oxygen atoms in total. The molecule has 1 aliphatic heterocycles. The van der Waals surface area contributed by atoms with Gasteiger partial charge in [-0.15, -0.1) is 35.3 Å². The molecule has 2 heterocycles. The number of hydrogen-bond donors (Lipinski definition) is 2. The van der Waals surface area contributed by atoms with Crippen LogP contribution in [0.5, 0.6) is 0 Å². The quantitative estimate of drug-likeness (QED) is 0.326. The van der Waals surface area contributed by atoms with E-state index in [0.29, 0.717) is 49.6 Å². The summed E-state index contributed by atoms with van der Waals surface area (Å²) in [5, 5.41) is 6.25. The van der Waals surface area contributed by atoms with E-state index in [4.69, 9.17) is 4.74 Å². The third-order valence-electron chi connectivity index (χ3n) is 4.20. The topological polar surface area (TPSA) is 83.0 Å². The van der Waals surface area contributed by atoms with Gasteiger partial charge in [-0.1, -0.05) is 12.1 Å². The highest BCUT2D eigenvalue weighted by Crippen LogP contribution is 2.25. The number of ether oxygens (including phenoxy) is 1. The monoisotopic (exact) mass is 554 g/mol. The molecule has 3 rings (SSSR count). The van der Waals surface area contributed by atoms with Crippen molar-refractivity contribution in [2.45, 2.75) is 17.3 Å². The van der Waals surface area contributed by atoms with Gasteiger partial charge in [0.15, 0.2) is 5.96 Å². The molecule has 0 atom stereocenters. The lowest BCUT2D eigenvalue weighted by atomic mass is 10.2. The second-order valence-corrected chi connectivity index (χ2v) is 9.48. The first-order valence-corrected chi connectivity index (χ1v) is 11.1. The number of morpholine rings is 1. The Kier molecular flexibility index (Phi) is 9.27. The first kappa shape index (κ1) is 24.0. The highest BCUT2D eigenvalue weighted by atomic mass is 127. The summed E-state index contributed by atoms with van der Waals surface area (Å²) in [6.45, 7) is 2.47. The molecule has 0 saturated carbocycles. The van der Waals surface area contributed by atoms with E-state index < -0.39 is 10.0 Å². The van der Waals surface area contributed by atoms with Gasteiger partial charge in [0, 0.05) is 31.6 Å². The Morgan fingerprint density at radius 2 is 1.93 bits per heavy atom. The Bertz CT molecular complexity index is 931. The van der Waals surface area contributed by atoms with Gasteiger partial charge in [-0.25, -0.2) is 12.8 Å². The molecule has 29 heavy (non-hydrogen) atoms. The highest BCUT2D eigenvalue weighted by Gasteiger charge is 2.27. The van der Waals surface area contributed by atoms with E-state index in [1.165, 1.54) is 27.8 Å². The van der Waals surface area contributed by atoms with Crippen molar-refractivity contribution in [2.24, 2.45) is 4.99 Å². The van der Waals surface area contributed by atoms with E-state index >= 15 is 0 Å². The zero-order valence-corrected chi connectivity index (χ0v) is 19.9. The van der Waals surface area contributed by atoms with Gasteiger partial charge in [-0.3, -0.25) is 4.99 Å². The van der Waals surface area contributed by atoms with E-state index in [-0.39, 0.29) is 29.8 Å². The minimum absolute atomic E-state index is 0. The predicted molar refractivity (Wildman–Crippen MR) is 123 cm³/mol. The van der Waals surface area contributed by atoms with Crippen LogP contribution in [0, 0.1) is 5.82 Å². The van der Waals surface area contributed by atoms with Gasteiger partial charge in [0.2, 0.25) is 0 Å². The van der Waals surface area contributed by atoms with Crippen molar-refractivity contribution in [1.82, 2.24) is 14.9 Å². The average Bonchev–Trinajstić information content (AvgIpc) is 3.19. The van der Waals surface area contributed by atoms with Gasteiger partial charge >= 0.3 is 0 Å². The Morgan fingerprint density at radius 3 is 2.62 bits per heavy atom. The molecule has 0 bridgehead atoms. The number of nitrogens with one attached hydrogen (secondary N) is 2. The van der Waals surface area contributed by atoms with E-state index in [2.05, 4.69) is 15.6 Å². The molecule has 11 heteroatoms. The van der Waals surface area contributed by atoms with Gasteiger partial charge in [0.25, 0.3) is 10.0 Å². The molecule has 0 amide bonds. The number of nitrogens with zero attached hydrogens (tertiary/aromatic N) is 2. The number of hydrogen-bond acceptors (Lipinski definition) is 5. The van der Waals surface area contributed by atoms with E-state index in [9.17, 15) is 12.8 Å². The zero-order valence-electron chi connectivity index (χ0n) is 15.9. The Morgan fingerprint density at radius 1 is 1.21 bits per heavy atom. The minimum atomic E-state index is -3.47. The van der Waals surface area contributed by atoms with Gasteiger partial charge in [0.1, 0.15) is 10.0 Å². The molecule has 1 aromatic carbocycles. The molecule has 160 valence electrons. The summed E-state index contributed by atoms with van der Waals surface area (Å²) in [4.78, 5) is 5.01. The largest absolute Gasteiger partial charge is 0.379 e. The van der Waals surface area contributed by atoms with Gasteiger partial charge in [0.05, 0.1) is 19.8 Å². The molecule has 0 aliphatic carbocycles. The molecule has 1 aliphatic rings. The van der Waals surface area contributed by atoms with Gasteiger partial charge < -0.3 is 15.4 Å². The van der Waals surface area contributed by atoms with E-state index in [0.717, 1.165) is 10.4 Å². The van der Waals surface area contributed by atoms with Crippen LogP contribution in [0.3, 0.4) is 0 Å².